The normalized spacial score (nSPS) is 15.5. The maximum absolute atomic E-state index is 12.1. The van der Waals surface area contributed by atoms with Gasteiger partial charge in [-0.05, 0) is 48.3 Å². The number of hydrogen-bond acceptors (Lipinski definition) is 2. The van der Waals surface area contributed by atoms with Gasteiger partial charge in [-0.3, -0.25) is 0 Å². The van der Waals surface area contributed by atoms with Gasteiger partial charge in [0.1, 0.15) is 0 Å². The summed E-state index contributed by atoms with van der Waals surface area (Å²) in [5.41, 5.74) is 0. The average Bonchev–Trinajstić information content (AvgIpc) is 2.15. The Labute approximate surface area is 116 Å². The van der Waals surface area contributed by atoms with Gasteiger partial charge in [-0.25, -0.2) is 13.1 Å². The van der Waals surface area contributed by atoms with Crippen molar-refractivity contribution in [1.82, 2.24) is 4.72 Å². The van der Waals surface area contributed by atoms with Crippen molar-refractivity contribution in [1.29, 1.82) is 0 Å². The summed E-state index contributed by atoms with van der Waals surface area (Å²) in [6, 6.07) is 6.52. The number of benzene rings is 1. The Balaban J connectivity index is 2.86. The smallest absolute Gasteiger partial charge is 0.208 e. The lowest BCUT2D eigenvalue weighted by molar-refractivity contribution is 0.545. The van der Waals surface area contributed by atoms with Crippen LogP contribution in [0.15, 0.2) is 33.6 Å². The highest BCUT2D eigenvalue weighted by molar-refractivity contribution is 9.10. The van der Waals surface area contributed by atoms with E-state index in [2.05, 4.69) is 20.7 Å². The Kier molecular flexibility index (Phi) is 5.44. The summed E-state index contributed by atoms with van der Waals surface area (Å²) in [7, 11) is -3.49. The maximum atomic E-state index is 12.1. The molecule has 6 heteroatoms. The number of sulfonamides is 1. The van der Waals surface area contributed by atoms with Gasteiger partial charge in [0, 0.05) is 15.9 Å². The Hall–Kier alpha value is -0.100. The summed E-state index contributed by atoms with van der Waals surface area (Å²) in [6.45, 7) is 3.64. The van der Waals surface area contributed by atoms with Gasteiger partial charge >= 0.3 is 0 Å². The van der Waals surface area contributed by atoms with Crippen LogP contribution in [-0.4, -0.2) is 19.8 Å². The average molecular weight is 341 g/mol. The van der Waals surface area contributed by atoms with Crippen molar-refractivity contribution in [2.24, 2.45) is 0 Å². The van der Waals surface area contributed by atoms with E-state index in [4.69, 9.17) is 11.6 Å². The van der Waals surface area contributed by atoms with Gasteiger partial charge in [0.2, 0.25) is 10.0 Å². The zero-order valence-electron chi connectivity index (χ0n) is 9.65. The van der Waals surface area contributed by atoms with Crippen LogP contribution in [0.25, 0.3) is 0 Å². The summed E-state index contributed by atoms with van der Waals surface area (Å²) < 4.78 is 27.3. The first-order valence-corrected chi connectivity index (χ1v) is 7.95. The molecular weight excluding hydrogens is 326 g/mol. The predicted octanol–water partition coefficient (Wildman–Crippen LogP) is 3.13. The van der Waals surface area contributed by atoms with Crippen LogP contribution in [0.3, 0.4) is 0 Å². The quantitative estimate of drug-likeness (QED) is 0.837. The monoisotopic (exact) mass is 339 g/mol. The van der Waals surface area contributed by atoms with Crippen LogP contribution in [0.4, 0.5) is 0 Å². The fourth-order valence-corrected chi connectivity index (χ4v) is 4.05. The van der Waals surface area contributed by atoms with E-state index in [0.717, 1.165) is 0 Å². The second-order valence-corrected chi connectivity index (χ2v) is 7.25. The summed E-state index contributed by atoms with van der Waals surface area (Å²) in [4.78, 5) is 0.245. The van der Waals surface area contributed by atoms with E-state index in [1.807, 2.05) is 6.92 Å². The first-order chi connectivity index (χ1) is 7.83. The molecule has 2 atom stereocenters. The third-order valence-corrected chi connectivity index (χ3v) is 4.94. The lowest BCUT2D eigenvalue weighted by Crippen LogP contribution is -2.34. The first-order valence-electron chi connectivity index (χ1n) is 5.24. The molecule has 0 heterocycles. The molecule has 0 aliphatic rings. The zero-order valence-corrected chi connectivity index (χ0v) is 12.8. The molecule has 0 saturated carbocycles. The largest absolute Gasteiger partial charge is 0.241 e. The third-order valence-electron chi connectivity index (χ3n) is 2.16. The number of rotatable bonds is 5. The molecule has 0 aliphatic carbocycles. The minimum atomic E-state index is -3.49. The van der Waals surface area contributed by atoms with Crippen molar-refractivity contribution in [3.8, 4) is 0 Å². The summed E-state index contributed by atoms with van der Waals surface area (Å²) in [5.74, 6) is 0. The van der Waals surface area contributed by atoms with E-state index < -0.39 is 10.0 Å². The topological polar surface area (TPSA) is 46.2 Å². The van der Waals surface area contributed by atoms with Crippen molar-refractivity contribution < 1.29 is 8.42 Å². The van der Waals surface area contributed by atoms with E-state index in [9.17, 15) is 8.42 Å². The van der Waals surface area contributed by atoms with E-state index in [-0.39, 0.29) is 16.3 Å². The van der Waals surface area contributed by atoms with Gasteiger partial charge in [-0.2, -0.15) is 0 Å². The highest BCUT2D eigenvalue weighted by atomic mass is 79.9. The molecule has 0 spiro atoms. The van der Waals surface area contributed by atoms with E-state index in [0.29, 0.717) is 10.9 Å². The molecule has 2 unspecified atom stereocenters. The second-order valence-electron chi connectivity index (χ2n) is 3.97. The first kappa shape index (κ1) is 15.0. The van der Waals surface area contributed by atoms with Gasteiger partial charge in [0.25, 0.3) is 0 Å². The fraction of sp³-hybridized carbons (Fsp3) is 0.455. The van der Waals surface area contributed by atoms with Gasteiger partial charge in [0.15, 0.2) is 0 Å². The third kappa shape index (κ3) is 4.58. The van der Waals surface area contributed by atoms with Crippen LogP contribution in [0, 0.1) is 0 Å². The van der Waals surface area contributed by atoms with Crippen LogP contribution >= 0.6 is 27.5 Å². The Morgan fingerprint density at radius 3 is 2.47 bits per heavy atom. The number of halogens is 2. The molecule has 0 saturated heterocycles. The summed E-state index contributed by atoms with van der Waals surface area (Å²) >= 11 is 9.06. The van der Waals surface area contributed by atoms with Crippen LogP contribution in [0.2, 0.25) is 0 Å². The molecule has 0 fully saturated rings. The maximum Gasteiger partial charge on any atom is 0.241 e. The summed E-state index contributed by atoms with van der Waals surface area (Å²) in [6.07, 6.45) is 0.589. The Bertz CT molecular complexity index is 476. The molecule has 96 valence electrons. The Morgan fingerprint density at radius 2 is 1.94 bits per heavy atom. The minimum Gasteiger partial charge on any atom is -0.208 e. The highest BCUT2D eigenvalue weighted by Gasteiger charge is 2.20. The van der Waals surface area contributed by atoms with Crippen molar-refractivity contribution in [2.75, 3.05) is 0 Å². The molecule has 1 aromatic carbocycles. The molecule has 1 aromatic rings. The van der Waals surface area contributed by atoms with Crippen molar-refractivity contribution in [2.45, 2.75) is 36.6 Å². The molecule has 1 rings (SSSR count). The van der Waals surface area contributed by atoms with Crippen LogP contribution in [0.1, 0.15) is 20.3 Å². The van der Waals surface area contributed by atoms with Crippen LogP contribution < -0.4 is 4.72 Å². The van der Waals surface area contributed by atoms with E-state index in [1.54, 1.807) is 31.2 Å². The molecule has 1 N–H and O–H groups in total. The Morgan fingerprint density at radius 1 is 1.35 bits per heavy atom. The second kappa shape index (κ2) is 6.18. The fourth-order valence-electron chi connectivity index (χ4n) is 1.53. The lowest BCUT2D eigenvalue weighted by Gasteiger charge is -2.15. The molecule has 0 bridgehead atoms. The standard InChI is InChI=1S/C11H15BrClNO2S/c1-8(13)7-9(2)14-17(15,16)11-6-4-3-5-10(11)12/h3-6,8-9,14H,7H2,1-2H3. The minimum absolute atomic E-state index is 0.0630. The van der Waals surface area contributed by atoms with Gasteiger partial charge in [-0.1, -0.05) is 12.1 Å². The molecule has 0 amide bonds. The number of alkyl halides is 1. The molecule has 0 radical (unpaired) electrons. The van der Waals surface area contributed by atoms with Gasteiger partial charge in [-0.15, -0.1) is 11.6 Å². The number of hydrogen-bond donors (Lipinski definition) is 1. The zero-order chi connectivity index (χ0) is 13.1. The van der Waals surface area contributed by atoms with E-state index >= 15 is 0 Å². The molecule has 0 aliphatic heterocycles. The van der Waals surface area contributed by atoms with Gasteiger partial charge < -0.3 is 0 Å². The molecule has 3 nitrogen and oxygen atoms in total. The SMILES string of the molecule is CC(Cl)CC(C)NS(=O)(=O)c1ccccc1Br. The van der Waals surface area contributed by atoms with Crippen molar-refractivity contribution >= 4 is 37.6 Å². The predicted molar refractivity (Wildman–Crippen MR) is 73.9 cm³/mol. The molecular formula is C11H15BrClNO2S. The van der Waals surface area contributed by atoms with Crippen LogP contribution in [0.5, 0.6) is 0 Å². The molecule has 17 heavy (non-hydrogen) atoms. The molecule has 0 aromatic heterocycles. The van der Waals surface area contributed by atoms with E-state index in [1.165, 1.54) is 0 Å². The lowest BCUT2D eigenvalue weighted by atomic mass is 10.2. The van der Waals surface area contributed by atoms with Crippen molar-refractivity contribution in [3.05, 3.63) is 28.7 Å². The number of nitrogens with one attached hydrogen (secondary N) is 1. The highest BCUT2D eigenvalue weighted by Crippen LogP contribution is 2.21. The summed E-state index contributed by atoms with van der Waals surface area (Å²) in [5, 5.41) is -0.0630. The van der Waals surface area contributed by atoms with Gasteiger partial charge in [0.05, 0.1) is 4.90 Å². The van der Waals surface area contributed by atoms with Crippen molar-refractivity contribution in [3.63, 3.8) is 0 Å². The van der Waals surface area contributed by atoms with Crippen LogP contribution in [-0.2, 0) is 10.0 Å².